The molecule has 0 atom stereocenters. The van der Waals surface area contributed by atoms with Gasteiger partial charge in [-0.3, -0.25) is 0 Å². The predicted molar refractivity (Wildman–Crippen MR) is 49.8 cm³/mol. The van der Waals surface area contributed by atoms with Crippen molar-refractivity contribution in [2.45, 2.75) is 0 Å². The van der Waals surface area contributed by atoms with Gasteiger partial charge in [0.1, 0.15) is 5.82 Å². The highest BCUT2D eigenvalue weighted by Crippen LogP contribution is 2.27. The van der Waals surface area contributed by atoms with E-state index < -0.39 is 27.8 Å². The Morgan fingerprint density at radius 2 is 2.14 bits per heavy atom. The first-order valence-electron chi connectivity index (χ1n) is 3.50. The molecule has 0 saturated heterocycles. The predicted octanol–water partition coefficient (Wildman–Crippen LogP) is 2.10. The van der Waals surface area contributed by atoms with Gasteiger partial charge in [-0.2, -0.15) is 0 Å². The fourth-order valence-corrected chi connectivity index (χ4v) is 1.22. The molecule has 1 aromatic carbocycles. The number of ether oxygens (including phenoxy) is 1. The highest BCUT2D eigenvalue weighted by atomic mass is 79.9. The topological polar surface area (TPSA) is 52.3 Å². The van der Waals surface area contributed by atoms with Crippen molar-refractivity contribution in [2.24, 2.45) is 0 Å². The number of nitrogens with two attached hydrogens (primary N) is 1. The van der Waals surface area contributed by atoms with E-state index in [4.69, 9.17) is 5.73 Å². The zero-order valence-electron chi connectivity index (χ0n) is 7.11. The number of benzene rings is 1. The maximum atomic E-state index is 13.1. The number of esters is 1. The number of methoxy groups -OCH3 is 1. The van der Waals surface area contributed by atoms with Crippen molar-refractivity contribution in [3.63, 3.8) is 0 Å². The summed E-state index contributed by atoms with van der Waals surface area (Å²) in [6.07, 6.45) is 0. The van der Waals surface area contributed by atoms with Crippen LogP contribution in [-0.2, 0) is 4.74 Å². The van der Waals surface area contributed by atoms with Crippen LogP contribution in [0.2, 0.25) is 0 Å². The third-order valence-electron chi connectivity index (χ3n) is 1.61. The second kappa shape index (κ2) is 3.91. The van der Waals surface area contributed by atoms with Gasteiger partial charge in [-0.15, -0.1) is 0 Å². The van der Waals surface area contributed by atoms with Crippen LogP contribution < -0.4 is 5.73 Å². The first-order valence-corrected chi connectivity index (χ1v) is 4.29. The molecule has 0 unspecified atom stereocenters. The molecular weight excluding hydrogens is 260 g/mol. The quantitative estimate of drug-likeness (QED) is 0.481. The van der Waals surface area contributed by atoms with E-state index in [1.165, 1.54) is 0 Å². The van der Waals surface area contributed by atoms with Gasteiger partial charge in [0.2, 0.25) is 0 Å². The Hall–Kier alpha value is -1.17. The number of carbonyl (C=O) groups is 1. The van der Waals surface area contributed by atoms with Crippen LogP contribution in [0.25, 0.3) is 0 Å². The molecule has 0 fully saturated rings. The molecule has 0 heterocycles. The average molecular weight is 266 g/mol. The van der Waals surface area contributed by atoms with Crippen LogP contribution in [0.3, 0.4) is 0 Å². The Balaban J connectivity index is 3.40. The van der Waals surface area contributed by atoms with Gasteiger partial charge >= 0.3 is 5.97 Å². The molecule has 0 aliphatic rings. The van der Waals surface area contributed by atoms with Gasteiger partial charge in [-0.1, -0.05) is 0 Å². The van der Waals surface area contributed by atoms with Crippen LogP contribution in [-0.4, -0.2) is 13.1 Å². The molecule has 0 saturated carbocycles. The lowest BCUT2D eigenvalue weighted by Crippen LogP contribution is -2.08. The lowest BCUT2D eigenvalue weighted by molar-refractivity contribution is 0.0601. The lowest BCUT2D eigenvalue weighted by Gasteiger charge is -2.06. The smallest absolute Gasteiger partial charge is 0.340 e. The number of anilines is 1. The van der Waals surface area contributed by atoms with E-state index in [0.29, 0.717) is 0 Å². The molecule has 2 N–H and O–H groups in total. The Bertz CT molecular complexity index is 395. The molecular formula is C8H6BrF2NO2. The van der Waals surface area contributed by atoms with Crippen LogP contribution in [0.1, 0.15) is 10.4 Å². The molecule has 0 aliphatic heterocycles. The molecule has 1 aromatic rings. The van der Waals surface area contributed by atoms with Crippen molar-refractivity contribution >= 4 is 27.6 Å². The number of hydrogen-bond acceptors (Lipinski definition) is 3. The van der Waals surface area contributed by atoms with Crippen LogP contribution in [0.4, 0.5) is 14.5 Å². The third kappa shape index (κ3) is 1.70. The van der Waals surface area contributed by atoms with Gasteiger partial charge in [-0.05, 0) is 22.0 Å². The Morgan fingerprint density at radius 3 is 2.64 bits per heavy atom. The van der Waals surface area contributed by atoms with Crippen molar-refractivity contribution in [1.82, 2.24) is 0 Å². The molecule has 76 valence electrons. The normalized spacial score (nSPS) is 10.0. The summed E-state index contributed by atoms with van der Waals surface area (Å²) in [7, 11) is 1.10. The molecule has 0 aliphatic carbocycles. The minimum absolute atomic E-state index is 0.328. The number of rotatable bonds is 1. The van der Waals surface area contributed by atoms with Crippen LogP contribution >= 0.6 is 15.9 Å². The third-order valence-corrected chi connectivity index (χ3v) is 2.33. The second-order valence-corrected chi connectivity index (χ2v) is 3.23. The number of hydrogen-bond donors (Lipinski definition) is 1. The molecule has 1 rings (SSSR count). The first kappa shape index (κ1) is 10.9. The summed E-state index contributed by atoms with van der Waals surface area (Å²) in [6, 6.07) is 0.814. The first-order chi connectivity index (χ1) is 6.49. The minimum atomic E-state index is -1.01. The zero-order chi connectivity index (χ0) is 10.9. The van der Waals surface area contributed by atoms with Gasteiger partial charge in [0.05, 0.1) is 22.8 Å². The van der Waals surface area contributed by atoms with Crippen molar-refractivity contribution in [2.75, 3.05) is 12.8 Å². The molecule has 0 radical (unpaired) electrons. The molecule has 3 nitrogen and oxygen atoms in total. The monoisotopic (exact) mass is 265 g/mol. The zero-order valence-corrected chi connectivity index (χ0v) is 8.69. The summed E-state index contributed by atoms with van der Waals surface area (Å²) in [6.45, 7) is 0. The SMILES string of the molecule is COC(=O)c1cc(F)c(Br)c(F)c1N. The summed E-state index contributed by atoms with van der Waals surface area (Å²) in [4.78, 5) is 11.0. The molecule has 0 amide bonds. The Labute approximate surface area is 87.0 Å². The van der Waals surface area contributed by atoms with E-state index in [1.54, 1.807) is 0 Å². The maximum Gasteiger partial charge on any atom is 0.340 e. The summed E-state index contributed by atoms with van der Waals surface area (Å²) >= 11 is 2.65. The summed E-state index contributed by atoms with van der Waals surface area (Å²) < 4.78 is 30.0. The Morgan fingerprint density at radius 1 is 1.57 bits per heavy atom. The lowest BCUT2D eigenvalue weighted by atomic mass is 10.1. The fourth-order valence-electron chi connectivity index (χ4n) is 0.888. The van der Waals surface area contributed by atoms with E-state index in [-0.39, 0.29) is 5.56 Å². The molecule has 0 spiro atoms. The number of nitrogen functional groups attached to an aromatic ring is 1. The van der Waals surface area contributed by atoms with Crippen LogP contribution in [0.15, 0.2) is 10.5 Å². The van der Waals surface area contributed by atoms with E-state index in [1.807, 2.05) is 0 Å². The average Bonchev–Trinajstić information content (AvgIpc) is 2.19. The number of carbonyl (C=O) groups excluding carboxylic acids is 1. The van der Waals surface area contributed by atoms with Crippen LogP contribution in [0, 0.1) is 11.6 Å². The van der Waals surface area contributed by atoms with Crippen molar-refractivity contribution in [3.05, 3.63) is 27.7 Å². The second-order valence-electron chi connectivity index (χ2n) is 2.44. The standard InChI is InChI=1S/C8H6BrF2NO2/c1-14-8(13)3-2-4(10)5(9)6(11)7(3)12/h2H,12H2,1H3. The number of halogens is 3. The molecule has 14 heavy (non-hydrogen) atoms. The summed E-state index contributed by atoms with van der Waals surface area (Å²) in [5, 5.41) is 0. The summed E-state index contributed by atoms with van der Waals surface area (Å²) in [5.41, 5.74) is 4.49. The Kier molecular flexibility index (Phi) is 3.05. The molecule has 6 heteroatoms. The minimum Gasteiger partial charge on any atom is -0.465 e. The highest BCUT2D eigenvalue weighted by molar-refractivity contribution is 9.10. The van der Waals surface area contributed by atoms with Gasteiger partial charge < -0.3 is 10.5 Å². The van der Waals surface area contributed by atoms with Crippen molar-refractivity contribution in [3.8, 4) is 0 Å². The van der Waals surface area contributed by atoms with E-state index in [0.717, 1.165) is 13.2 Å². The largest absolute Gasteiger partial charge is 0.465 e. The maximum absolute atomic E-state index is 13.1. The molecule has 0 aromatic heterocycles. The van der Waals surface area contributed by atoms with Gasteiger partial charge in [0.15, 0.2) is 5.82 Å². The van der Waals surface area contributed by atoms with Gasteiger partial charge in [0, 0.05) is 0 Å². The summed E-state index contributed by atoms with van der Waals surface area (Å²) in [5.74, 6) is -2.80. The van der Waals surface area contributed by atoms with E-state index in [9.17, 15) is 13.6 Å². The van der Waals surface area contributed by atoms with Crippen molar-refractivity contribution < 1.29 is 18.3 Å². The molecule has 0 bridgehead atoms. The highest BCUT2D eigenvalue weighted by Gasteiger charge is 2.19. The van der Waals surface area contributed by atoms with Gasteiger partial charge in [0.25, 0.3) is 0 Å². The van der Waals surface area contributed by atoms with Crippen LogP contribution in [0.5, 0.6) is 0 Å². The van der Waals surface area contributed by atoms with Gasteiger partial charge in [-0.25, -0.2) is 13.6 Å². The van der Waals surface area contributed by atoms with E-state index >= 15 is 0 Å². The fraction of sp³-hybridized carbons (Fsp3) is 0.125. The van der Waals surface area contributed by atoms with E-state index in [2.05, 4.69) is 20.7 Å². The van der Waals surface area contributed by atoms with Crippen molar-refractivity contribution in [1.29, 1.82) is 0 Å².